The van der Waals surface area contributed by atoms with Crippen LogP contribution in [0.1, 0.15) is 23.2 Å². The largest absolute Gasteiger partial charge is 0.485 e. The SMILES string of the molecule is O=C1CC2(CCN(S(=O)(=O)CBr)C2)Oc2ccccc21. The zero-order valence-electron chi connectivity index (χ0n) is 10.7. The summed E-state index contributed by atoms with van der Waals surface area (Å²) in [6.07, 6.45) is 0.775. The molecule has 1 unspecified atom stereocenters. The van der Waals surface area contributed by atoms with Gasteiger partial charge in [-0.25, -0.2) is 8.42 Å². The number of carbonyl (C=O) groups is 1. The number of ketones is 1. The molecule has 0 radical (unpaired) electrons. The second-order valence-corrected chi connectivity index (χ2v) is 8.46. The van der Waals surface area contributed by atoms with Gasteiger partial charge in [0.05, 0.1) is 18.5 Å². The van der Waals surface area contributed by atoms with Crippen molar-refractivity contribution < 1.29 is 17.9 Å². The number of para-hydroxylation sites is 1. The highest BCUT2D eigenvalue weighted by atomic mass is 79.9. The molecule has 1 atom stereocenters. The van der Waals surface area contributed by atoms with Crippen LogP contribution in [0.2, 0.25) is 0 Å². The molecule has 0 aromatic heterocycles. The van der Waals surface area contributed by atoms with E-state index in [0.29, 0.717) is 24.3 Å². The summed E-state index contributed by atoms with van der Waals surface area (Å²) in [6, 6.07) is 7.11. The maximum Gasteiger partial charge on any atom is 0.224 e. The van der Waals surface area contributed by atoms with Crippen molar-refractivity contribution in [3.63, 3.8) is 0 Å². The Labute approximate surface area is 126 Å². The third-order valence-corrected chi connectivity index (χ3v) is 6.92. The molecule has 3 rings (SSSR count). The lowest BCUT2D eigenvalue weighted by atomic mass is 9.89. The molecule has 5 nitrogen and oxygen atoms in total. The molecule has 108 valence electrons. The quantitative estimate of drug-likeness (QED) is 0.755. The van der Waals surface area contributed by atoms with Crippen molar-refractivity contribution in [3.05, 3.63) is 29.8 Å². The van der Waals surface area contributed by atoms with Gasteiger partial charge in [-0.3, -0.25) is 4.79 Å². The van der Waals surface area contributed by atoms with Crippen molar-refractivity contribution in [2.75, 3.05) is 17.8 Å². The van der Waals surface area contributed by atoms with Gasteiger partial charge in [0, 0.05) is 13.0 Å². The van der Waals surface area contributed by atoms with Crippen molar-refractivity contribution in [2.45, 2.75) is 18.4 Å². The second kappa shape index (κ2) is 4.82. The minimum Gasteiger partial charge on any atom is -0.485 e. The third kappa shape index (κ3) is 2.27. The van der Waals surface area contributed by atoms with E-state index in [1.54, 1.807) is 18.2 Å². The van der Waals surface area contributed by atoms with Gasteiger partial charge in [-0.15, -0.1) is 0 Å². The predicted molar refractivity (Wildman–Crippen MR) is 77.7 cm³/mol. The van der Waals surface area contributed by atoms with E-state index < -0.39 is 15.6 Å². The first-order valence-electron chi connectivity index (χ1n) is 6.31. The van der Waals surface area contributed by atoms with Crippen molar-refractivity contribution in [3.8, 4) is 5.75 Å². The summed E-state index contributed by atoms with van der Waals surface area (Å²) in [5, 5.41) is 0. The standard InChI is InChI=1S/C13H14BrNO4S/c14-9-20(17,18)15-6-5-13(8-15)7-11(16)10-3-1-2-4-12(10)19-13/h1-4H,5-9H2. The van der Waals surface area contributed by atoms with E-state index >= 15 is 0 Å². The molecule has 20 heavy (non-hydrogen) atoms. The van der Waals surface area contributed by atoms with Gasteiger partial charge in [-0.05, 0) is 12.1 Å². The third-order valence-electron chi connectivity index (χ3n) is 3.81. The highest BCUT2D eigenvalue weighted by Gasteiger charge is 2.48. The van der Waals surface area contributed by atoms with Gasteiger partial charge in [-0.1, -0.05) is 28.1 Å². The van der Waals surface area contributed by atoms with E-state index in [1.807, 2.05) is 6.07 Å². The average Bonchev–Trinajstić information content (AvgIpc) is 2.83. The molecule has 0 saturated carbocycles. The summed E-state index contributed by atoms with van der Waals surface area (Å²) in [4.78, 5) is 12.2. The second-order valence-electron chi connectivity index (χ2n) is 5.19. The molecule has 0 amide bonds. The van der Waals surface area contributed by atoms with Crippen LogP contribution < -0.4 is 4.74 Å². The maximum absolute atomic E-state index is 12.2. The fraction of sp³-hybridized carbons (Fsp3) is 0.462. The Bertz CT molecular complexity index is 660. The van der Waals surface area contributed by atoms with E-state index in [4.69, 9.17) is 4.74 Å². The molecule has 0 N–H and O–H groups in total. The molecule has 1 aromatic rings. The lowest BCUT2D eigenvalue weighted by Crippen LogP contribution is -2.45. The van der Waals surface area contributed by atoms with Crippen LogP contribution in [0.3, 0.4) is 0 Å². The maximum atomic E-state index is 12.2. The first kappa shape index (κ1) is 14.0. The zero-order chi connectivity index (χ0) is 14.4. The summed E-state index contributed by atoms with van der Waals surface area (Å²) in [5.41, 5.74) is -0.124. The number of sulfonamides is 1. The molecule has 2 aliphatic rings. The van der Waals surface area contributed by atoms with Gasteiger partial charge in [0.25, 0.3) is 0 Å². The van der Waals surface area contributed by atoms with Gasteiger partial charge in [-0.2, -0.15) is 4.31 Å². The first-order chi connectivity index (χ1) is 9.46. The minimum atomic E-state index is -3.31. The molecule has 1 saturated heterocycles. The number of halogens is 1. The predicted octanol–water partition coefficient (Wildman–Crippen LogP) is 1.78. The number of fused-ring (bicyclic) bond motifs is 1. The van der Waals surface area contributed by atoms with Crippen LogP contribution in [0.4, 0.5) is 0 Å². The number of hydrogen-bond donors (Lipinski definition) is 0. The van der Waals surface area contributed by atoms with Crippen LogP contribution in [0.25, 0.3) is 0 Å². The van der Waals surface area contributed by atoms with Crippen LogP contribution >= 0.6 is 15.9 Å². The number of nitrogens with zero attached hydrogens (tertiary/aromatic N) is 1. The molecular formula is C13H14BrNO4S. The summed E-state index contributed by atoms with van der Waals surface area (Å²) in [6.45, 7) is 0.629. The summed E-state index contributed by atoms with van der Waals surface area (Å²) in [7, 11) is -3.31. The van der Waals surface area contributed by atoms with Gasteiger partial charge < -0.3 is 4.74 Å². The molecule has 7 heteroatoms. The van der Waals surface area contributed by atoms with Crippen molar-refractivity contribution in [2.24, 2.45) is 0 Å². The van der Waals surface area contributed by atoms with Crippen LogP contribution in [0, 0.1) is 0 Å². The fourth-order valence-electron chi connectivity index (χ4n) is 2.79. The molecule has 1 aromatic carbocycles. The van der Waals surface area contributed by atoms with E-state index in [0.717, 1.165) is 0 Å². The highest BCUT2D eigenvalue weighted by molar-refractivity contribution is 9.10. The summed E-state index contributed by atoms with van der Waals surface area (Å²) in [5.74, 6) is 0.576. The van der Waals surface area contributed by atoms with Crippen molar-refractivity contribution in [1.82, 2.24) is 4.31 Å². The molecule has 2 heterocycles. The van der Waals surface area contributed by atoms with Crippen molar-refractivity contribution in [1.29, 1.82) is 0 Å². The number of hydrogen-bond acceptors (Lipinski definition) is 4. The molecular weight excluding hydrogens is 346 g/mol. The Morgan fingerprint density at radius 3 is 2.85 bits per heavy atom. The zero-order valence-corrected chi connectivity index (χ0v) is 13.1. The molecule has 0 bridgehead atoms. The van der Waals surface area contributed by atoms with Gasteiger partial charge >= 0.3 is 0 Å². The first-order valence-corrected chi connectivity index (χ1v) is 9.04. The van der Waals surface area contributed by atoms with Gasteiger partial charge in [0.1, 0.15) is 16.0 Å². The molecule has 0 aliphatic carbocycles. The lowest BCUT2D eigenvalue weighted by molar-refractivity contribution is 0.0499. The number of rotatable bonds is 2. The highest BCUT2D eigenvalue weighted by Crippen LogP contribution is 2.39. The minimum absolute atomic E-state index is 0.0185. The summed E-state index contributed by atoms with van der Waals surface area (Å²) >= 11 is 2.99. The van der Waals surface area contributed by atoms with Gasteiger partial charge in [0.2, 0.25) is 10.0 Å². The van der Waals surface area contributed by atoms with Crippen LogP contribution in [0.5, 0.6) is 5.75 Å². The van der Waals surface area contributed by atoms with E-state index in [2.05, 4.69) is 15.9 Å². The number of carbonyl (C=O) groups excluding carboxylic acids is 1. The van der Waals surface area contributed by atoms with Crippen LogP contribution in [-0.4, -0.2) is 41.9 Å². The average molecular weight is 360 g/mol. The van der Waals surface area contributed by atoms with Crippen molar-refractivity contribution >= 4 is 31.7 Å². The normalized spacial score (nSPS) is 26.6. The molecule has 2 aliphatic heterocycles. The number of Topliss-reactive ketones (excluding diaryl/α,β-unsaturated/α-hetero) is 1. The van der Waals surface area contributed by atoms with E-state index in [-0.39, 0.29) is 23.4 Å². The molecule has 1 spiro atoms. The smallest absolute Gasteiger partial charge is 0.224 e. The van der Waals surface area contributed by atoms with E-state index in [9.17, 15) is 13.2 Å². The monoisotopic (exact) mass is 359 g/mol. The summed E-state index contributed by atoms with van der Waals surface area (Å²) < 4.78 is 31.0. The van der Waals surface area contributed by atoms with Crippen LogP contribution in [0.15, 0.2) is 24.3 Å². The van der Waals surface area contributed by atoms with E-state index in [1.165, 1.54) is 4.31 Å². The van der Waals surface area contributed by atoms with Gasteiger partial charge in [0.15, 0.2) is 5.78 Å². The molecule has 1 fully saturated rings. The lowest BCUT2D eigenvalue weighted by Gasteiger charge is -2.34. The topological polar surface area (TPSA) is 63.7 Å². The van der Waals surface area contributed by atoms with Crippen LogP contribution in [-0.2, 0) is 10.0 Å². The number of benzene rings is 1. The fourth-order valence-corrected chi connectivity index (χ4v) is 4.59. The Kier molecular flexibility index (Phi) is 3.38. The Morgan fingerprint density at radius 1 is 1.35 bits per heavy atom. The Morgan fingerprint density at radius 2 is 2.10 bits per heavy atom. The number of ether oxygens (including phenoxy) is 1. The Balaban J connectivity index is 1.89. The Hall–Kier alpha value is -0.920. The number of alkyl halides is 1.